The minimum absolute atomic E-state index is 0.00666. The molecule has 132 valence electrons. The summed E-state index contributed by atoms with van der Waals surface area (Å²) < 4.78 is 5.68. The average molecular weight is 381 g/mol. The zero-order chi connectivity index (χ0) is 18.4. The molecular formula is C18H18Cl2N2O3. The number of carbonyl (C=O) groups is 2. The van der Waals surface area contributed by atoms with Crippen molar-refractivity contribution in [3.8, 4) is 5.75 Å². The van der Waals surface area contributed by atoms with E-state index in [1.165, 1.54) is 12.1 Å². The van der Waals surface area contributed by atoms with Crippen LogP contribution in [0.25, 0.3) is 0 Å². The predicted octanol–water partition coefficient (Wildman–Crippen LogP) is 4.04. The highest BCUT2D eigenvalue weighted by molar-refractivity contribution is 6.42. The predicted molar refractivity (Wildman–Crippen MR) is 99.1 cm³/mol. The Morgan fingerprint density at radius 1 is 1.08 bits per heavy atom. The summed E-state index contributed by atoms with van der Waals surface area (Å²) in [5, 5.41) is 5.70. The van der Waals surface area contributed by atoms with E-state index in [1.807, 2.05) is 38.1 Å². The van der Waals surface area contributed by atoms with Crippen molar-refractivity contribution >= 4 is 40.7 Å². The lowest BCUT2D eigenvalue weighted by Gasteiger charge is -2.14. The molecule has 0 atom stereocenters. The van der Waals surface area contributed by atoms with E-state index < -0.39 is 11.8 Å². The van der Waals surface area contributed by atoms with Crippen LogP contribution in [0.1, 0.15) is 19.4 Å². The number of para-hydroxylation sites is 1. The van der Waals surface area contributed by atoms with Gasteiger partial charge in [0.15, 0.2) is 0 Å². The van der Waals surface area contributed by atoms with Crippen molar-refractivity contribution in [3.05, 3.63) is 58.1 Å². The molecule has 2 N–H and O–H groups in total. The van der Waals surface area contributed by atoms with Gasteiger partial charge in [-0.15, -0.1) is 0 Å². The molecule has 2 amide bonds. The molecule has 2 rings (SSSR count). The Bertz CT molecular complexity index is 779. The fourth-order valence-electron chi connectivity index (χ4n) is 2.04. The summed E-state index contributed by atoms with van der Waals surface area (Å²) in [6.45, 7) is 4.00. The zero-order valence-electron chi connectivity index (χ0n) is 13.8. The van der Waals surface area contributed by atoms with Crippen molar-refractivity contribution in [1.29, 1.82) is 0 Å². The molecule has 2 aromatic rings. The third-order valence-corrected chi connectivity index (χ3v) is 3.71. The maximum absolute atomic E-state index is 12.0. The number of ether oxygens (including phenoxy) is 1. The first-order chi connectivity index (χ1) is 11.9. The lowest BCUT2D eigenvalue weighted by Crippen LogP contribution is -2.35. The third-order valence-electron chi connectivity index (χ3n) is 3.16. The number of rotatable bonds is 5. The molecule has 0 spiro atoms. The van der Waals surface area contributed by atoms with Crippen LogP contribution < -0.4 is 15.4 Å². The number of nitrogens with one attached hydrogen (secondary N) is 2. The molecule has 2 aromatic carbocycles. The summed E-state index contributed by atoms with van der Waals surface area (Å²) in [5.41, 5.74) is 1.09. The topological polar surface area (TPSA) is 67.4 Å². The quantitative estimate of drug-likeness (QED) is 0.769. The van der Waals surface area contributed by atoms with Crippen molar-refractivity contribution < 1.29 is 14.3 Å². The molecule has 0 radical (unpaired) electrons. The van der Waals surface area contributed by atoms with Gasteiger partial charge in [0.25, 0.3) is 0 Å². The van der Waals surface area contributed by atoms with E-state index in [2.05, 4.69) is 10.6 Å². The molecule has 25 heavy (non-hydrogen) atoms. The van der Waals surface area contributed by atoms with E-state index in [1.54, 1.807) is 6.07 Å². The zero-order valence-corrected chi connectivity index (χ0v) is 15.3. The summed E-state index contributed by atoms with van der Waals surface area (Å²) in [7, 11) is 0. The van der Waals surface area contributed by atoms with E-state index in [9.17, 15) is 9.59 Å². The van der Waals surface area contributed by atoms with Gasteiger partial charge >= 0.3 is 11.8 Å². The second kappa shape index (κ2) is 8.74. The number of hydrogen-bond acceptors (Lipinski definition) is 3. The van der Waals surface area contributed by atoms with Crippen LogP contribution in [0.15, 0.2) is 42.5 Å². The van der Waals surface area contributed by atoms with Crippen molar-refractivity contribution in [2.24, 2.45) is 0 Å². The van der Waals surface area contributed by atoms with Crippen molar-refractivity contribution in [1.82, 2.24) is 5.32 Å². The Morgan fingerprint density at radius 3 is 2.48 bits per heavy atom. The van der Waals surface area contributed by atoms with Crippen LogP contribution in [0.4, 0.5) is 5.69 Å². The SMILES string of the molecule is CC(C)Oc1ccccc1CNC(=O)C(=O)Nc1ccc(Cl)cc1Cl. The van der Waals surface area contributed by atoms with Gasteiger partial charge in [-0.25, -0.2) is 0 Å². The number of anilines is 1. The monoisotopic (exact) mass is 380 g/mol. The lowest BCUT2D eigenvalue weighted by molar-refractivity contribution is -0.136. The van der Waals surface area contributed by atoms with Gasteiger partial charge < -0.3 is 15.4 Å². The number of halogens is 2. The van der Waals surface area contributed by atoms with Crippen LogP contribution in [-0.4, -0.2) is 17.9 Å². The molecule has 0 unspecified atom stereocenters. The Hall–Kier alpha value is -2.24. The summed E-state index contributed by atoms with van der Waals surface area (Å²) in [5.74, 6) is -0.921. The van der Waals surface area contributed by atoms with Gasteiger partial charge in [0.05, 0.1) is 16.8 Å². The third kappa shape index (κ3) is 5.66. The maximum atomic E-state index is 12.0. The van der Waals surface area contributed by atoms with Crippen molar-refractivity contribution in [2.45, 2.75) is 26.5 Å². The second-order valence-corrected chi connectivity index (χ2v) is 6.38. The first-order valence-corrected chi connectivity index (χ1v) is 8.41. The van der Waals surface area contributed by atoms with Crippen LogP contribution in [0, 0.1) is 0 Å². The molecule has 7 heteroatoms. The molecule has 5 nitrogen and oxygen atoms in total. The van der Waals surface area contributed by atoms with Crippen LogP contribution >= 0.6 is 23.2 Å². The van der Waals surface area contributed by atoms with Crippen molar-refractivity contribution in [2.75, 3.05) is 5.32 Å². The molecule has 0 heterocycles. The highest BCUT2D eigenvalue weighted by Gasteiger charge is 2.16. The van der Waals surface area contributed by atoms with Crippen LogP contribution in [0.5, 0.6) is 5.75 Å². The summed E-state index contributed by atoms with van der Waals surface area (Å²) >= 11 is 11.8. The highest BCUT2D eigenvalue weighted by Crippen LogP contribution is 2.25. The minimum atomic E-state index is -0.813. The second-order valence-electron chi connectivity index (χ2n) is 5.54. The Labute approximate surface area is 156 Å². The van der Waals surface area contributed by atoms with E-state index in [4.69, 9.17) is 27.9 Å². The molecule has 0 saturated carbocycles. The van der Waals surface area contributed by atoms with E-state index in [0.29, 0.717) is 16.5 Å². The Balaban J connectivity index is 1.97. The van der Waals surface area contributed by atoms with Gasteiger partial charge in [0.2, 0.25) is 0 Å². The van der Waals surface area contributed by atoms with Crippen LogP contribution in [0.2, 0.25) is 10.0 Å². The molecule has 0 bridgehead atoms. The van der Waals surface area contributed by atoms with E-state index >= 15 is 0 Å². The van der Waals surface area contributed by atoms with Crippen molar-refractivity contribution in [3.63, 3.8) is 0 Å². The van der Waals surface area contributed by atoms with Gasteiger partial charge in [-0.05, 0) is 38.1 Å². The van der Waals surface area contributed by atoms with Gasteiger partial charge in [-0.2, -0.15) is 0 Å². The molecule has 0 aliphatic carbocycles. The average Bonchev–Trinajstić information content (AvgIpc) is 2.55. The summed E-state index contributed by atoms with van der Waals surface area (Å²) in [6.07, 6.45) is 0.00666. The van der Waals surface area contributed by atoms with E-state index in [0.717, 1.165) is 5.56 Å². The van der Waals surface area contributed by atoms with Crippen LogP contribution in [0.3, 0.4) is 0 Å². The first-order valence-electron chi connectivity index (χ1n) is 7.65. The molecule has 0 saturated heterocycles. The summed E-state index contributed by atoms with van der Waals surface area (Å²) in [6, 6.07) is 11.9. The molecule has 0 aliphatic rings. The number of carbonyl (C=O) groups excluding carboxylic acids is 2. The van der Waals surface area contributed by atoms with Crippen LogP contribution in [-0.2, 0) is 16.1 Å². The fraction of sp³-hybridized carbons (Fsp3) is 0.222. The Kier molecular flexibility index (Phi) is 6.67. The van der Waals surface area contributed by atoms with Gasteiger partial charge in [0.1, 0.15) is 5.75 Å². The normalized spacial score (nSPS) is 10.4. The molecule has 0 aliphatic heterocycles. The lowest BCUT2D eigenvalue weighted by atomic mass is 10.2. The minimum Gasteiger partial charge on any atom is -0.491 e. The maximum Gasteiger partial charge on any atom is 0.313 e. The van der Waals surface area contributed by atoms with Gasteiger partial charge in [0, 0.05) is 17.1 Å². The first kappa shape index (κ1) is 19.1. The molecule has 0 aromatic heterocycles. The smallest absolute Gasteiger partial charge is 0.313 e. The van der Waals surface area contributed by atoms with Gasteiger partial charge in [-0.1, -0.05) is 41.4 Å². The number of hydrogen-bond donors (Lipinski definition) is 2. The molecule has 0 fully saturated rings. The number of amides is 2. The molecular weight excluding hydrogens is 363 g/mol. The van der Waals surface area contributed by atoms with Gasteiger partial charge in [-0.3, -0.25) is 9.59 Å². The highest BCUT2D eigenvalue weighted by atomic mass is 35.5. The largest absolute Gasteiger partial charge is 0.491 e. The summed E-state index contributed by atoms with van der Waals surface area (Å²) in [4.78, 5) is 24.0. The number of benzene rings is 2. The fourth-order valence-corrected chi connectivity index (χ4v) is 2.50. The van der Waals surface area contributed by atoms with E-state index in [-0.39, 0.29) is 17.7 Å². The standard InChI is InChI=1S/C18H18Cl2N2O3/c1-11(2)25-16-6-4-3-5-12(16)10-21-17(23)18(24)22-15-8-7-13(19)9-14(15)20/h3-9,11H,10H2,1-2H3,(H,21,23)(H,22,24). The Morgan fingerprint density at radius 2 is 1.80 bits per heavy atom.